The number of allylic oxidation sites excluding steroid dienone is 1. The van der Waals surface area contributed by atoms with Gasteiger partial charge in [0.1, 0.15) is 11.5 Å². The third-order valence-electron chi connectivity index (χ3n) is 3.50. The molecule has 3 nitrogen and oxygen atoms in total. The van der Waals surface area contributed by atoms with Crippen molar-refractivity contribution in [3.05, 3.63) is 65.2 Å². The zero-order valence-corrected chi connectivity index (χ0v) is 13.1. The number of carbonyl (C=O) groups is 1. The molecule has 0 radical (unpaired) electrons. The number of ketones is 1. The Morgan fingerprint density at radius 3 is 2.36 bits per heavy atom. The molecular weight excluding hydrogens is 276 g/mol. The Morgan fingerprint density at radius 1 is 1.05 bits per heavy atom. The molecule has 0 saturated carbocycles. The minimum atomic E-state index is -0.0347. The fourth-order valence-corrected chi connectivity index (χ4v) is 2.14. The summed E-state index contributed by atoms with van der Waals surface area (Å²) in [5.41, 5.74) is 2.70. The largest absolute Gasteiger partial charge is 0.497 e. The lowest BCUT2D eigenvalue weighted by Gasteiger charge is -2.07. The molecular formula is C19H20O3. The Labute approximate surface area is 131 Å². The van der Waals surface area contributed by atoms with Crippen molar-refractivity contribution in [2.75, 3.05) is 14.2 Å². The Kier molecular flexibility index (Phi) is 5.37. The van der Waals surface area contributed by atoms with Crippen molar-refractivity contribution in [3.63, 3.8) is 0 Å². The molecule has 0 aliphatic carbocycles. The first-order valence-corrected chi connectivity index (χ1v) is 7.21. The summed E-state index contributed by atoms with van der Waals surface area (Å²) in [4.78, 5) is 12.2. The van der Waals surface area contributed by atoms with Gasteiger partial charge in [-0.2, -0.15) is 0 Å². The Bertz CT molecular complexity index is 670. The molecule has 0 N–H and O–H groups in total. The van der Waals surface area contributed by atoms with Crippen molar-refractivity contribution in [2.45, 2.75) is 13.3 Å². The number of aryl methyl sites for hydroxylation is 1. The molecule has 0 heterocycles. The van der Waals surface area contributed by atoms with Crippen LogP contribution in [0, 0.1) is 0 Å². The number of hydrogen-bond donors (Lipinski definition) is 0. The SMILES string of the molecule is CCc1ccc(C(=O)/C=C/c2cc(OC)ccc2OC)cc1. The van der Waals surface area contributed by atoms with E-state index in [-0.39, 0.29) is 5.78 Å². The third kappa shape index (κ3) is 3.76. The van der Waals surface area contributed by atoms with Crippen molar-refractivity contribution < 1.29 is 14.3 Å². The van der Waals surface area contributed by atoms with Crippen LogP contribution in [0.5, 0.6) is 11.5 Å². The molecule has 0 spiro atoms. The molecule has 0 aromatic heterocycles. The van der Waals surface area contributed by atoms with Crippen LogP contribution in [0.15, 0.2) is 48.5 Å². The van der Waals surface area contributed by atoms with Crippen LogP contribution in [0.2, 0.25) is 0 Å². The van der Waals surface area contributed by atoms with Gasteiger partial charge in [-0.25, -0.2) is 0 Å². The van der Waals surface area contributed by atoms with Gasteiger partial charge in [0, 0.05) is 11.1 Å². The van der Waals surface area contributed by atoms with Gasteiger partial charge in [-0.15, -0.1) is 0 Å². The Hall–Kier alpha value is -2.55. The monoisotopic (exact) mass is 296 g/mol. The number of ether oxygens (including phenoxy) is 2. The molecule has 22 heavy (non-hydrogen) atoms. The lowest BCUT2D eigenvalue weighted by molar-refractivity contribution is 0.104. The van der Waals surface area contributed by atoms with Gasteiger partial charge >= 0.3 is 0 Å². The van der Waals surface area contributed by atoms with E-state index >= 15 is 0 Å². The highest BCUT2D eigenvalue weighted by atomic mass is 16.5. The second kappa shape index (κ2) is 7.46. The van der Waals surface area contributed by atoms with Crippen LogP contribution < -0.4 is 9.47 Å². The summed E-state index contributed by atoms with van der Waals surface area (Å²) in [6, 6.07) is 13.1. The fraction of sp³-hybridized carbons (Fsp3) is 0.211. The highest BCUT2D eigenvalue weighted by Gasteiger charge is 2.05. The summed E-state index contributed by atoms with van der Waals surface area (Å²) in [5.74, 6) is 1.39. The van der Waals surface area contributed by atoms with E-state index in [0.717, 1.165) is 17.7 Å². The molecule has 0 amide bonds. The molecule has 0 atom stereocenters. The van der Waals surface area contributed by atoms with E-state index in [4.69, 9.17) is 9.47 Å². The molecule has 2 aromatic rings. The summed E-state index contributed by atoms with van der Waals surface area (Å²) < 4.78 is 10.5. The molecule has 0 aliphatic rings. The van der Waals surface area contributed by atoms with Gasteiger partial charge in [0.15, 0.2) is 5.78 Å². The standard InChI is InChI=1S/C19H20O3/c1-4-14-5-7-15(8-6-14)18(20)11-9-16-13-17(21-2)10-12-19(16)22-3/h5-13H,4H2,1-3H3/b11-9+. The van der Waals surface area contributed by atoms with Crippen LogP contribution >= 0.6 is 0 Å². The number of rotatable bonds is 6. The first kappa shape index (κ1) is 15.8. The molecule has 0 saturated heterocycles. The number of hydrogen-bond acceptors (Lipinski definition) is 3. The maximum atomic E-state index is 12.2. The molecule has 2 rings (SSSR count). The predicted molar refractivity (Wildman–Crippen MR) is 88.7 cm³/mol. The van der Waals surface area contributed by atoms with Crippen LogP contribution in [-0.2, 0) is 6.42 Å². The number of benzene rings is 2. The van der Waals surface area contributed by atoms with Crippen LogP contribution in [0.3, 0.4) is 0 Å². The quantitative estimate of drug-likeness (QED) is 0.593. The van der Waals surface area contributed by atoms with Crippen molar-refractivity contribution in [1.29, 1.82) is 0 Å². The molecule has 0 unspecified atom stereocenters. The van der Waals surface area contributed by atoms with Crippen molar-refractivity contribution in [3.8, 4) is 11.5 Å². The van der Waals surface area contributed by atoms with Gasteiger partial charge in [-0.3, -0.25) is 4.79 Å². The zero-order chi connectivity index (χ0) is 15.9. The van der Waals surface area contributed by atoms with E-state index < -0.39 is 0 Å². The van der Waals surface area contributed by atoms with Gasteiger partial charge in [0.05, 0.1) is 14.2 Å². The van der Waals surface area contributed by atoms with E-state index in [0.29, 0.717) is 11.3 Å². The number of carbonyl (C=O) groups excluding carboxylic acids is 1. The van der Waals surface area contributed by atoms with Crippen molar-refractivity contribution >= 4 is 11.9 Å². The second-order valence-corrected chi connectivity index (χ2v) is 4.86. The van der Waals surface area contributed by atoms with Crippen molar-refractivity contribution in [2.24, 2.45) is 0 Å². The maximum Gasteiger partial charge on any atom is 0.185 e. The molecule has 2 aromatic carbocycles. The van der Waals surface area contributed by atoms with Gasteiger partial charge in [0.25, 0.3) is 0 Å². The van der Waals surface area contributed by atoms with Crippen LogP contribution in [-0.4, -0.2) is 20.0 Å². The van der Waals surface area contributed by atoms with Gasteiger partial charge in [-0.05, 0) is 42.3 Å². The lowest BCUT2D eigenvalue weighted by atomic mass is 10.1. The van der Waals surface area contributed by atoms with E-state index in [1.165, 1.54) is 5.56 Å². The molecule has 3 heteroatoms. The van der Waals surface area contributed by atoms with E-state index in [9.17, 15) is 4.79 Å². The minimum absolute atomic E-state index is 0.0347. The highest BCUT2D eigenvalue weighted by molar-refractivity contribution is 6.07. The minimum Gasteiger partial charge on any atom is -0.497 e. The number of methoxy groups -OCH3 is 2. The van der Waals surface area contributed by atoms with Gasteiger partial charge in [0.2, 0.25) is 0 Å². The van der Waals surface area contributed by atoms with E-state index in [1.54, 1.807) is 26.4 Å². The Balaban J connectivity index is 2.21. The van der Waals surface area contributed by atoms with Crippen molar-refractivity contribution in [1.82, 2.24) is 0 Å². The van der Waals surface area contributed by atoms with Gasteiger partial charge in [-0.1, -0.05) is 31.2 Å². The summed E-state index contributed by atoms with van der Waals surface area (Å²) >= 11 is 0. The average molecular weight is 296 g/mol. The summed E-state index contributed by atoms with van der Waals surface area (Å²) in [6.45, 7) is 2.09. The average Bonchev–Trinajstić information content (AvgIpc) is 2.59. The fourth-order valence-electron chi connectivity index (χ4n) is 2.14. The van der Waals surface area contributed by atoms with Crippen LogP contribution in [0.4, 0.5) is 0 Å². The van der Waals surface area contributed by atoms with Gasteiger partial charge < -0.3 is 9.47 Å². The Morgan fingerprint density at radius 2 is 1.77 bits per heavy atom. The predicted octanol–water partition coefficient (Wildman–Crippen LogP) is 4.16. The van der Waals surface area contributed by atoms with Crippen LogP contribution in [0.25, 0.3) is 6.08 Å². The summed E-state index contributed by atoms with van der Waals surface area (Å²) in [7, 11) is 3.21. The third-order valence-corrected chi connectivity index (χ3v) is 3.50. The zero-order valence-electron chi connectivity index (χ0n) is 13.1. The maximum absolute atomic E-state index is 12.2. The molecule has 114 valence electrons. The highest BCUT2D eigenvalue weighted by Crippen LogP contribution is 2.25. The normalized spacial score (nSPS) is 10.7. The molecule has 0 fully saturated rings. The summed E-state index contributed by atoms with van der Waals surface area (Å²) in [5, 5.41) is 0. The first-order chi connectivity index (χ1) is 10.7. The lowest BCUT2D eigenvalue weighted by Crippen LogP contribution is -1.95. The first-order valence-electron chi connectivity index (χ1n) is 7.21. The van der Waals surface area contributed by atoms with Crippen LogP contribution in [0.1, 0.15) is 28.4 Å². The molecule has 0 bridgehead atoms. The topological polar surface area (TPSA) is 35.5 Å². The van der Waals surface area contributed by atoms with E-state index in [1.807, 2.05) is 42.5 Å². The second-order valence-electron chi connectivity index (χ2n) is 4.86. The van der Waals surface area contributed by atoms with E-state index in [2.05, 4.69) is 6.92 Å². The molecule has 0 aliphatic heterocycles. The smallest absolute Gasteiger partial charge is 0.185 e. The summed E-state index contributed by atoms with van der Waals surface area (Å²) in [6.07, 6.45) is 4.26.